The summed E-state index contributed by atoms with van der Waals surface area (Å²) in [5.74, 6) is 1.00. The molecule has 1 rings (SSSR count). The van der Waals surface area contributed by atoms with Crippen molar-refractivity contribution >= 4 is 24.8 Å². The lowest BCUT2D eigenvalue weighted by molar-refractivity contribution is 0.345. The summed E-state index contributed by atoms with van der Waals surface area (Å²) in [4.78, 5) is 0. The SMILES string of the molecule is CCNCCCC1CCNCC1.Cl.Cl. The fourth-order valence-electron chi connectivity index (χ4n) is 1.86. The van der Waals surface area contributed by atoms with Crippen molar-refractivity contribution in [2.75, 3.05) is 26.2 Å². The van der Waals surface area contributed by atoms with E-state index in [2.05, 4.69) is 17.6 Å². The van der Waals surface area contributed by atoms with Gasteiger partial charge in [-0.1, -0.05) is 6.92 Å². The molecule has 0 saturated carbocycles. The van der Waals surface area contributed by atoms with Crippen LogP contribution in [0.25, 0.3) is 0 Å². The van der Waals surface area contributed by atoms with Crippen molar-refractivity contribution in [1.29, 1.82) is 0 Å². The third-order valence-corrected chi connectivity index (χ3v) is 2.67. The molecular weight excluding hydrogens is 219 g/mol. The van der Waals surface area contributed by atoms with Crippen molar-refractivity contribution in [1.82, 2.24) is 10.6 Å². The lowest BCUT2D eigenvalue weighted by Crippen LogP contribution is -2.28. The van der Waals surface area contributed by atoms with Crippen molar-refractivity contribution in [2.45, 2.75) is 32.6 Å². The van der Waals surface area contributed by atoms with Crippen LogP contribution in [-0.4, -0.2) is 26.2 Å². The maximum absolute atomic E-state index is 3.40. The molecule has 1 saturated heterocycles. The van der Waals surface area contributed by atoms with Gasteiger partial charge in [-0.25, -0.2) is 0 Å². The standard InChI is InChI=1S/C10H22N2.2ClH/c1-2-11-7-3-4-10-5-8-12-9-6-10;;/h10-12H,2-9H2,1H3;2*1H. The first kappa shape index (κ1) is 16.9. The Balaban J connectivity index is 0. The molecule has 2 nitrogen and oxygen atoms in total. The minimum atomic E-state index is 0. The highest BCUT2D eigenvalue weighted by Gasteiger charge is 2.11. The molecule has 0 aromatic heterocycles. The molecule has 88 valence electrons. The smallest absolute Gasteiger partial charge is 0.00463 e. The molecule has 0 bridgehead atoms. The number of hydrogen-bond donors (Lipinski definition) is 2. The second-order valence-electron chi connectivity index (χ2n) is 3.69. The van der Waals surface area contributed by atoms with E-state index >= 15 is 0 Å². The summed E-state index contributed by atoms with van der Waals surface area (Å²) >= 11 is 0. The predicted molar refractivity (Wildman–Crippen MR) is 67.9 cm³/mol. The fourth-order valence-corrected chi connectivity index (χ4v) is 1.86. The van der Waals surface area contributed by atoms with Crippen LogP contribution in [0.5, 0.6) is 0 Å². The molecular formula is C10H24Cl2N2. The topological polar surface area (TPSA) is 24.1 Å². The summed E-state index contributed by atoms with van der Waals surface area (Å²) in [6.07, 6.45) is 5.57. The molecule has 0 radical (unpaired) electrons. The van der Waals surface area contributed by atoms with E-state index in [1.54, 1.807) is 0 Å². The molecule has 1 aliphatic rings. The highest BCUT2D eigenvalue weighted by molar-refractivity contribution is 5.85. The molecule has 0 unspecified atom stereocenters. The van der Waals surface area contributed by atoms with Crippen molar-refractivity contribution in [2.24, 2.45) is 5.92 Å². The average molecular weight is 243 g/mol. The molecule has 0 spiro atoms. The number of halogens is 2. The van der Waals surface area contributed by atoms with Gasteiger partial charge in [0, 0.05) is 0 Å². The largest absolute Gasteiger partial charge is 0.317 e. The maximum atomic E-state index is 3.40. The van der Waals surface area contributed by atoms with Gasteiger partial charge >= 0.3 is 0 Å². The predicted octanol–water partition coefficient (Wildman–Crippen LogP) is 2.22. The molecule has 14 heavy (non-hydrogen) atoms. The van der Waals surface area contributed by atoms with Crippen LogP contribution in [0.2, 0.25) is 0 Å². The maximum Gasteiger partial charge on any atom is -0.00463 e. The van der Waals surface area contributed by atoms with Crippen LogP contribution in [0.1, 0.15) is 32.6 Å². The highest BCUT2D eigenvalue weighted by atomic mass is 35.5. The van der Waals surface area contributed by atoms with Gasteiger partial charge in [-0.2, -0.15) is 0 Å². The van der Waals surface area contributed by atoms with E-state index in [1.807, 2.05) is 0 Å². The Morgan fingerprint density at radius 2 is 1.86 bits per heavy atom. The van der Waals surface area contributed by atoms with Gasteiger partial charge in [0.15, 0.2) is 0 Å². The summed E-state index contributed by atoms with van der Waals surface area (Å²) in [7, 11) is 0. The van der Waals surface area contributed by atoms with E-state index in [0.717, 1.165) is 12.5 Å². The van der Waals surface area contributed by atoms with Crippen molar-refractivity contribution in [3.05, 3.63) is 0 Å². The lowest BCUT2D eigenvalue weighted by Gasteiger charge is -2.22. The molecule has 1 aliphatic heterocycles. The number of piperidine rings is 1. The van der Waals surface area contributed by atoms with Crippen LogP contribution in [0.4, 0.5) is 0 Å². The summed E-state index contributed by atoms with van der Waals surface area (Å²) in [6.45, 7) is 6.98. The first-order chi connectivity index (χ1) is 5.93. The Labute approximate surface area is 100 Å². The van der Waals surface area contributed by atoms with E-state index < -0.39 is 0 Å². The summed E-state index contributed by atoms with van der Waals surface area (Å²) < 4.78 is 0. The summed E-state index contributed by atoms with van der Waals surface area (Å²) in [5, 5.41) is 6.77. The zero-order valence-electron chi connectivity index (χ0n) is 9.05. The van der Waals surface area contributed by atoms with Gasteiger partial charge in [-0.3, -0.25) is 0 Å². The Kier molecular flexibility index (Phi) is 14.0. The molecule has 4 heteroatoms. The second-order valence-corrected chi connectivity index (χ2v) is 3.69. The number of nitrogens with one attached hydrogen (secondary N) is 2. The Bertz CT molecular complexity index is 106. The molecule has 0 atom stereocenters. The van der Waals surface area contributed by atoms with Crippen LogP contribution in [0.3, 0.4) is 0 Å². The molecule has 2 N–H and O–H groups in total. The van der Waals surface area contributed by atoms with Gasteiger partial charge in [0.2, 0.25) is 0 Å². The third-order valence-electron chi connectivity index (χ3n) is 2.67. The van der Waals surface area contributed by atoms with Gasteiger partial charge in [0.1, 0.15) is 0 Å². The van der Waals surface area contributed by atoms with Crippen LogP contribution >= 0.6 is 24.8 Å². The second kappa shape index (κ2) is 11.6. The molecule has 0 aliphatic carbocycles. The van der Waals surface area contributed by atoms with Crippen molar-refractivity contribution in [3.8, 4) is 0 Å². The highest BCUT2D eigenvalue weighted by Crippen LogP contribution is 2.16. The van der Waals surface area contributed by atoms with Gasteiger partial charge in [0.25, 0.3) is 0 Å². The Hall–Kier alpha value is 0.500. The van der Waals surface area contributed by atoms with E-state index in [4.69, 9.17) is 0 Å². The minimum Gasteiger partial charge on any atom is -0.317 e. The van der Waals surface area contributed by atoms with E-state index in [9.17, 15) is 0 Å². The van der Waals surface area contributed by atoms with Crippen molar-refractivity contribution < 1.29 is 0 Å². The van der Waals surface area contributed by atoms with E-state index in [-0.39, 0.29) is 24.8 Å². The molecule has 1 heterocycles. The molecule has 0 aromatic carbocycles. The third kappa shape index (κ3) is 7.86. The fraction of sp³-hybridized carbons (Fsp3) is 1.00. The molecule has 0 amide bonds. The number of hydrogen-bond acceptors (Lipinski definition) is 2. The van der Waals surface area contributed by atoms with Crippen LogP contribution in [-0.2, 0) is 0 Å². The van der Waals surface area contributed by atoms with E-state index in [0.29, 0.717) is 0 Å². The Morgan fingerprint density at radius 1 is 1.21 bits per heavy atom. The summed E-state index contributed by atoms with van der Waals surface area (Å²) in [5.41, 5.74) is 0. The van der Waals surface area contributed by atoms with Crippen LogP contribution in [0.15, 0.2) is 0 Å². The monoisotopic (exact) mass is 242 g/mol. The summed E-state index contributed by atoms with van der Waals surface area (Å²) in [6, 6.07) is 0. The first-order valence-corrected chi connectivity index (χ1v) is 5.35. The number of rotatable bonds is 5. The van der Waals surface area contributed by atoms with Gasteiger partial charge in [0.05, 0.1) is 0 Å². The quantitative estimate of drug-likeness (QED) is 0.723. The molecule has 0 aromatic rings. The zero-order chi connectivity index (χ0) is 8.65. The Morgan fingerprint density at radius 3 is 2.43 bits per heavy atom. The van der Waals surface area contributed by atoms with Gasteiger partial charge in [-0.15, -0.1) is 24.8 Å². The van der Waals surface area contributed by atoms with Gasteiger partial charge < -0.3 is 10.6 Å². The van der Waals surface area contributed by atoms with Crippen LogP contribution in [0, 0.1) is 5.92 Å². The lowest BCUT2D eigenvalue weighted by atomic mass is 9.93. The first-order valence-electron chi connectivity index (χ1n) is 5.35. The molecule has 1 fully saturated rings. The normalized spacial score (nSPS) is 16.9. The van der Waals surface area contributed by atoms with Gasteiger partial charge in [-0.05, 0) is 57.8 Å². The van der Waals surface area contributed by atoms with Crippen molar-refractivity contribution in [3.63, 3.8) is 0 Å². The zero-order valence-corrected chi connectivity index (χ0v) is 10.7. The minimum absolute atomic E-state index is 0. The van der Waals surface area contributed by atoms with E-state index in [1.165, 1.54) is 45.3 Å². The van der Waals surface area contributed by atoms with Crippen LogP contribution < -0.4 is 10.6 Å². The average Bonchev–Trinajstić information content (AvgIpc) is 2.14.